The van der Waals surface area contributed by atoms with Gasteiger partial charge in [0.25, 0.3) is 0 Å². The van der Waals surface area contributed by atoms with Crippen molar-refractivity contribution in [3.63, 3.8) is 0 Å². The maximum absolute atomic E-state index is 11.4. The van der Waals surface area contributed by atoms with E-state index in [9.17, 15) is 4.79 Å². The van der Waals surface area contributed by atoms with E-state index in [1.807, 2.05) is 24.3 Å². The third-order valence-corrected chi connectivity index (χ3v) is 3.78. The molecule has 0 fully saturated rings. The molecule has 0 radical (unpaired) electrons. The highest BCUT2D eigenvalue weighted by atomic mass is 35.5. The Kier molecular flexibility index (Phi) is 5.03. The first-order chi connectivity index (χ1) is 12.1. The van der Waals surface area contributed by atoms with E-state index in [0.29, 0.717) is 17.0 Å². The van der Waals surface area contributed by atoms with Gasteiger partial charge in [0.1, 0.15) is 11.7 Å². The Hall–Kier alpha value is -2.81. The number of aromatic nitrogens is 2. The van der Waals surface area contributed by atoms with Crippen LogP contribution >= 0.6 is 23.2 Å². The summed E-state index contributed by atoms with van der Waals surface area (Å²) in [6.45, 7) is 0. The van der Waals surface area contributed by atoms with Crippen LogP contribution in [0.3, 0.4) is 0 Å². The average Bonchev–Trinajstić information content (AvgIpc) is 2.61. The van der Waals surface area contributed by atoms with Crippen LogP contribution in [0.2, 0.25) is 5.28 Å². The summed E-state index contributed by atoms with van der Waals surface area (Å²) in [6, 6.07) is 12.6. The third kappa shape index (κ3) is 4.00. The number of benzene rings is 2. The van der Waals surface area contributed by atoms with Gasteiger partial charge < -0.3 is 10.6 Å². The Labute approximate surface area is 154 Å². The van der Waals surface area contributed by atoms with E-state index < -0.39 is 0 Å². The van der Waals surface area contributed by atoms with Crippen LogP contribution in [-0.2, 0) is 4.79 Å². The fourth-order valence-electron chi connectivity index (χ4n) is 2.29. The minimum Gasteiger partial charge on any atom is -0.340 e. The number of nitrogens with zero attached hydrogens (tertiary/aromatic N) is 2. The van der Waals surface area contributed by atoms with Crippen LogP contribution in [0, 0.1) is 12.3 Å². The summed E-state index contributed by atoms with van der Waals surface area (Å²) < 4.78 is 0. The van der Waals surface area contributed by atoms with Crippen molar-refractivity contribution in [1.29, 1.82) is 0 Å². The first kappa shape index (κ1) is 17.0. The molecule has 124 valence electrons. The predicted molar refractivity (Wildman–Crippen MR) is 102 cm³/mol. The zero-order chi connectivity index (χ0) is 17.8. The lowest BCUT2D eigenvalue weighted by molar-refractivity contribution is -0.113. The molecule has 0 bridgehead atoms. The average molecular weight is 371 g/mol. The quantitative estimate of drug-likeness (QED) is 0.410. The summed E-state index contributed by atoms with van der Waals surface area (Å²) in [5.74, 6) is 2.70. The Morgan fingerprint density at radius 1 is 1.16 bits per heavy atom. The van der Waals surface area contributed by atoms with Gasteiger partial charge in [0.2, 0.25) is 11.2 Å². The van der Waals surface area contributed by atoms with E-state index >= 15 is 0 Å². The number of carbonyl (C=O) groups excluding carboxylic acids is 1. The van der Waals surface area contributed by atoms with Gasteiger partial charge in [-0.15, -0.1) is 18.0 Å². The molecule has 0 saturated heterocycles. The summed E-state index contributed by atoms with van der Waals surface area (Å²) in [4.78, 5) is 19.9. The van der Waals surface area contributed by atoms with Crippen molar-refractivity contribution in [2.24, 2.45) is 0 Å². The Bertz CT molecular complexity index is 998. The molecule has 0 unspecified atom stereocenters. The lowest BCUT2D eigenvalue weighted by Crippen LogP contribution is -2.12. The zero-order valence-electron chi connectivity index (χ0n) is 12.9. The van der Waals surface area contributed by atoms with E-state index in [1.165, 1.54) is 0 Å². The molecule has 5 nitrogen and oxygen atoms in total. The normalized spacial score (nSPS) is 10.3. The number of nitrogens with one attached hydrogen (secondary N) is 2. The number of fused-ring (bicyclic) bond motifs is 1. The largest absolute Gasteiger partial charge is 0.340 e. The topological polar surface area (TPSA) is 66.9 Å². The molecular formula is C18H12Cl2N4O. The molecular weight excluding hydrogens is 359 g/mol. The van der Waals surface area contributed by atoms with E-state index in [4.69, 9.17) is 29.6 Å². The molecule has 1 heterocycles. The minimum atomic E-state index is -0.300. The zero-order valence-corrected chi connectivity index (χ0v) is 14.4. The molecule has 7 heteroatoms. The monoisotopic (exact) mass is 370 g/mol. The highest BCUT2D eigenvalue weighted by molar-refractivity contribution is 6.29. The molecule has 2 N–H and O–H groups in total. The third-order valence-electron chi connectivity index (χ3n) is 3.37. The molecule has 2 aromatic carbocycles. The smallest absolute Gasteiger partial charge is 0.239 e. The van der Waals surface area contributed by atoms with Crippen molar-refractivity contribution in [3.8, 4) is 12.3 Å². The van der Waals surface area contributed by atoms with Gasteiger partial charge in [0.15, 0.2) is 0 Å². The Morgan fingerprint density at radius 3 is 2.76 bits per heavy atom. The van der Waals surface area contributed by atoms with Crippen molar-refractivity contribution in [2.75, 3.05) is 16.5 Å². The molecule has 1 aromatic heterocycles. The van der Waals surface area contributed by atoms with Crippen molar-refractivity contribution < 1.29 is 4.79 Å². The van der Waals surface area contributed by atoms with Crippen LogP contribution < -0.4 is 10.6 Å². The molecule has 0 aliphatic carbocycles. The number of hydrogen-bond donors (Lipinski definition) is 2. The van der Waals surface area contributed by atoms with Gasteiger partial charge in [-0.05, 0) is 48.0 Å². The van der Waals surface area contributed by atoms with Crippen molar-refractivity contribution >= 4 is 57.2 Å². The lowest BCUT2D eigenvalue weighted by Gasteiger charge is -2.11. The van der Waals surface area contributed by atoms with Crippen molar-refractivity contribution in [1.82, 2.24) is 9.97 Å². The molecule has 3 rings (SSSR count). The highest BCUT2D eigenvalue weighted by Gasteiger charge is 2.09. The summed E-state index contributed by atoms with van der Waals surface area (Å²) >= 11 is 11.5. The van der Waals surface area contributed by atoms with Crippen LogP contribution in [0.15, 0.2) is 42.5 Å². The molecule has 1 amide bonds. The summed E-state index contributed by atoms with van der Waals surface area (Å²) in [5.41, 5.74) is 2.70. The number of halogens is 2. The number of carbonyl (C=O) groups is 1. The fourth-order valence-corrected chi connectivity index (χ4v) is 2.53. The summed E-state index contributed by atoms with van der Waals surface area (Å²) in [7, 11) is 0. The van der Waals surface area contributed by atoms with E-state index in [-0.39, 0.29) is 17.1 Å². The van der Waals surface area contributed by atoms with Gasteiger partial charge >= 0.3 is 0 Å². The van der Waals surface area contributed by atoms with Crippen LogP contribution in [0.25, 0.3) is 10.9 Å². The molecule has 25 heavy (non-hydrogen) atoms. The summed E-state index contributed by atoms with van der Waals surface area (Å²) in [6.07, 6.45) is 5.43. The second kappa shape index (κ2) is 7.39. The molecule has 0 aliphatic rings. The second-order valence-corrected chi connectivity index (χ2v) is 5.71. The second-order valence-electron chi connectivity index (χ2n) is 5.11. The van der Waals surface area contributed by atoms with Crippen LogP contribution in [0.4, 0.5) is 17.2 Å². The SMILES string of the molecule is C#Cc1cccc(Nc2nc(Cl)nc3cc(NC(=O)CCl)ccc23)c1. The standard InChI is InChI=1S/C18H12Cl2N4O/c1-2-11-4-3-5-12(8-11)22-17-14-7-6-13(21-16(25)10-19)9-15(14)23-18(20)24-17/h1,3-9H,10H2,(H,21,25)(H,22,23,24). The lowest BCUT2D eigenvalue weighted by atomic mass is 10.2. The number of alkyl halides is 1. The first-order valence-electron chi connectivity index (χ1n) is 7.26. The number of anilines is 3. The minimum absolute atomic E-state index is 0.0870. The molecule has 0 spiro atoms. The number of amides is 1. The van der Waals surface area contributed by atoms with Crippen LogP contribution in [0.5, 0.6) is 0 Å². The fraction of sp³-hybridized carbons (Fsp3) is 0.0556. The molecule has 3 aromatic rings. The van der Waals surface area contributed by atoms with Gasteiger partial charge in [-0.1, -0.05) is 12.0 Å². The van der Waals surface area contributed by atoms with E-state index in [1.54, 1.807) is 18.2 Å². The maximum atomic E-state index is 11.4. The predicted octanol–water partition coefficient (Wildman–Crippen LogP) is 4.19. The van der Waals surface area contributed by atoms with Gasteiger partial charge in [0.05, 0.1) is 5.52 Å². The van der Waals surface area contributed by atoms with E-state index in [0.717, 1.165) is 16.6 Å². The number of terminal acetylenes is 1. The van der Waals surface area contributed by atoms with Crippen LogP contribution in [0.1, 0.15) is 5.56 Å². The van der Waals surface area contributed by atoms with Crippen molar-refractivity contribution in [3.05, 3.63) is 53.3 Å². The van der Waals surface area contributed by atoms with Gasteiger partial charge in [-0.3, -0.25) is 4.79 Å². The number of rotatable bonds is 4. The van der Waals surface area contributed by atoms with Crippen molar-refractivity contribution in [2.45, 2.75) is 0 Å². The van der Waals surface area contributed by atoms with Crippen LogP contribution in [-0.4, -0.2) is 21.8 Å². The van der Waals surface area contributed by atoms with Gasteiger partial charge in [-0.25, -0.2) is 4.98 Å². The number of hydrogen-bond acceptors (Lipinski definition) is 4. The van der Waals surface area contributed by atoms with Gasteiger partial charge in [-0.2, -0.15) is 4.98 Å². The molecule has 0 atom stereocenters. The Morgan fingerprint density at radius 2 is 2.00 bits per heavy atom. The first-order valence-corrected chi connectivity index (χ1v) is 8.17. The maximum Gasteiger partial charge on any atom is 0.239 e. The van der Waals surface area contributed by atoms with Gasteiger partial charge in [0, 0.05) is 22.3 Å². The Balaban J connectivity index is 2.00. The molecule has 0 saturated carbocycles. The molecule has 0 aliphatic heterocycles. The summed E-state index contributed by atoms with van der Waals surface area (Å²) in [5, 5.41) is 6.70. The highest BCUT2D eigenvalue weighted by Crippen LogP contribution is 2.27. The van der Waals surface area contributed by atoms with E-state index in [2.05, 4.69) is 26.5 Å².